The van der Waals surface area contributed by atoms with Crippen LogP contribution in [0.2, 0.25) is 5.02 Å². The van der Waals surface area contributed by atoms with E-state index in [1.165, 1.54) is 12.1 Å². The molecule has 0 aliphatic rings. The Morgan fingerprint density at radius 1 is 1.38 bits per heavy atom. The maximum absolute atomic E-state index is 10.7. The Morgan fingerprint density at radius 3 is 2.75 bits per heavy atom. The van der Waals surface area contributed by atoms with E-state index in [9.17, 15) is 10.1 Å². The summed E-state index contributed by atoms with van der Waals surface area (Å²) in [5.74, 6) is 0.801. The lowest BCUT2D eigenvalue weighted by molar-refractivity contribution is -0.385. The summed E-state index contributed by atoms with van der Waals surface area (Å²) in [4.78, 5) is 10.2. The van der Waals surface area contributed by atoms with Crippen molar-refractivity contribution in [2.45, 2.75) is 12.8 Å². The summed E-state index contributed by atoms with van der Waals surface area (Å²) < 4.78 is 5.30. The molecule has 4 nitrogen and oxygen atoms in total. The first-order valence-corrected chi connectivity index (χ1v) is 5.69. The molecule has 1 aromatic rings. The van der Waals surface area contributed by atoms with Gasteiger partial charge in [-0.2, -0.15) is 0 Å². The molecule has 0 aromatic heterocycles. The van der Waals surface area contributed by atoms with Gasteiger partial charge in [-0.3, -0.25) is 10.1 Å². The number of hydrogen-bond donors (Lipinski definition) is 0. The van der Waals surface area contributed by atoms with Crippen LogP contribution in [0.25, 0.3) is 0 Å². The van der Waals surface area contributed by atoms with E-state index in [4.69, 9.17) is 27.9 Å². The molecule has 0 spiro atoms. The quantitative estimate of drug-likeness (QED) is 0.341. The van der Waals surface area contributed by atoms with Gasteiger partial charge in [-0.05, 0) is 25.0 Å². The molecule has 16 heavy (non-hydrogen) atoms. The number of hydrogen-bond acceptors (Lipinski definition) is 3. The average Bonchev–Trinajstić information content (AvgIpc) is 2.26. The summed E-state index contributed by atoms with van der Waals surface area (Å²) in [6.07, 6.45) is 1.59. The molecule has 88 valence electrons. The van der Waals surface area contributed by atoms with Crippen molar-refractivity contribution in [2.24, 2.45) is 0 Å². The van der Waals surface area contributed by atoms with E-state index in [0.29, 0.717) is 17.5 Å². The molecule has 0 heterocycles. The summed E-state index contributed by atoms with van der Waals surface area (Å²) in [6, 6.07) is 4.34. The van der Waals surface area contributed by atoms with Crippen LogP contribution in [-0.2, 0) is 0 Å². The van der Waals surface area contributed by atoms with Gasteiger partial charge in [0.05, 0.1) is 11.5 Å². The van der Waals surface area contributed by atoms with Gasteiger partial charge >= 0.3 is 5.69 Å². The van der Waals surface area contributed by atoms with Gasteiger partial charge in [-0.25, -0.2) is 0 Å². The highest BCUT2D eigenvalue weighted by molar-refractivity contribution is 6.30. The zero-order valence-electron chi connectivity index (χ0n) is 8.49. The van der Waals surface area contributed by atoms with Crippen LogP contribution in [0, 0.1) is 10.1 Å². The van der Waals surface area contributed by atoms with Gasteiger partial charge in [-0.15, -0.1) is 11.6 Å². The van der Waals surface area contributed by atoms with E-state index < -0.39 is 4.92 Å². The van der Waals surface area contributed by atoms with Crippen LogP contribution in [-0.4, -0.2) is 17.4 Å². The minimum Gasteiger partial charge on any atom is -0.487 e. The summed E-state index contributed by atoms with van der Waals surface area (Å²) >= 11 is 11.2. The summed E-state index contributed by atoms with van der Waals surface area (Å²) in [5, 5.41) is 11.0. The average molecular weight is 264 g/mol. The van der Waals surface area contributed by atoms with Crippen molar-refractivity contribution in [2.75, 3.05) is 12.5 Å². The fourth-order valence-corrected chi connectivity index (χ4v) is 1.49. The minimum atomic E-state index is -0.511. The molecule has 0 amide bonds. The van der Waals surface area contributed by atoms with Gasteiger partial charge in [0.15, 0.2) is 5.75 Å². The molecule has 1 aromatic carbocycles. The normalized spacial score (nSPS) is 10.1. The Morgan fingerprint density at radius 2 is 2.12 bits per heavy atom. The largest absolute Gasteiger partial charge is 0.487 e. The van der Waals surface area contributed by atoms with Crippen LogP contribution in [0.15, 0.2) is 18.2 Å². The molecule has 0 unspecified atom stereocenters. The predicted molar refractivity (Wildman–Crippen MR) is 63.6 cm³/mol. The highest BCUT2D eigenvalue weighted by Gasteiger charge is 2.15. The second-order valence-electron chi connectivity index (χ2n) is 3.11. The highest BCUT2D eigenvalue weighted by Crippen LogP contribution is 2.29. The van der Waals surface area contributed by atoms with Crippen molar-refractivity contribution in [3.8, 4) is 5.75 Å². The van der Waals surface area contributed by atoms with E-state index in [-0.39, 0.29) is 11.4 Å². The van der Waals surface area contributed by atoms with E-state index >= 15 is 0 Å². The summed E-state index contributed by atoms with van der Waals surface area (Å²) in [5.41, 5.74) is -0.113. The van der Waals surface area contributed by atoms with Crippen LogP contribution >= 0.6 is 23.2 Å². The molecule has 0 bridgehead atoms. The van der Waals surface area contributed by atoms with Crippen LogP contribution in [0.5, 0.6) is 5.75 Å². The van der Waals surface area contributed by atoms with Crippen LogP contribution in [0.3, 0.4) is 0 Å². The zero-order valence-corrected chi connectivity index (χ0v) is 10.0. The Labute approximate surface area is 103 Å². The predicted octanol–water partition coefficient (Wildman–Crippen LogP) is 3.65. The molecule has 0 N–H and O–H groups in total. The van der Waals surface area contributed by atoms with Gasteiger partial charge in [0, 0.05) is 17.0 Å². The number of rotatable bonds is 6. The molecule has 0 aliphatic heterocycles. The topological polar surface area (TPSA) is 52.4 Å². The number of ether oxygens (including phenoxy) is 1. The SMILES string of the molecule is O=[N+]([O-])c1cc(Cl)ccc1OCCCCCl. The number of nitrogens with zero attached hydrogens (tertiary/aromatic N) is 1. The Bertz CT molecular complexity index is 371. The molecule has 0 atom stereocenters. The number of unbranched alkanes of at least 4 members (excludes halogenated alkanes) is 1. The third kappa shape index (κ3) is 3.87. The lowest BCUT2D eigenvalue weighted by Gasteiger charge is -2.06. The van der Waals surface area contributed by atoms with Gasteiger partial charge in [-0.1, -0.05) is 11.6 Å². The molecule has 1 rings (SSSR count). The summed E-state index contributed by atoms with van der Waals surface area (Å²) in [6.45, 7) is 0.412. The van der Waals surface area contributed by atoms with Crippen LogP contribution in [0.1, 0.15) is 12.8 Å². The minimum absolute atomic E-state index is 0.113. The maximum atomic E-state index is 10.7. The van der Waals surface area contributed by atoms with Gasteiger partial charge < -0.3 is 4.74 Å². The van der Waals surface area contributed by atoms with Crippen LogP contribution < -0.4 is 4.74 Å². The molecule has 0 saturated carbocycles. The van der Waals surface area contributed by atoms with Crippen molar-refractivity contribution in [3.05, 3.63) is 33.3 Å². The Kier molecular flexibility index (Phi) is 5.35. The van der Waals surface area contributed by atoms with E-state index in [2.05, 4.69) is 0 Å². The standard InChI is InChI=1S/C10H11Cl2NO3/c11-5-1-2-6-16-10-4-3-8(12)7-9(10)13(14)15/h3-4,7H,1-2,5-6H2. The molecular formula is C10H11Cl2NO3. The summed E-state index contributed by atoms with van der Waals surface area (Å²) in [7, 11) is 0. The van der Waals surface area contributed by atoms with Crippen molar-refractivity contribution in [1.82, 2.24) is 0 Å². The first kappa shape index (κ1) is 13.1. The second-order valence-corrected chi connectivity index (χ2v) is 3.93. The number of halogens is 2. The van der Waals surface area contributed by atoms with Crippen LogP contribution in [0.4, 0.5) is 5.69 Å². The van der Waals surface area contributed by atoms with Gasteiger partial charge in [0.1, 0.15) is 0 Å². The van der Waals surface area contributed by atoms with Gasteiger partial charge in [0.25, 0.3) is 0 Å². The molecule has 0 fully saturated rings. The lowest BCUT2D eigenvalue weighted by Crippen LogP contribution is -2.00. The third-order valence-corrected chi connectivity index (χ3v) is 2.41. The maximum Gasteiger partial charge on any atom is 0.312 e. The molecular weight excluding hydrogens is 253 g/mol. The zero-order chi connectivity index (χ0) is 12.0. The first-order valence-electron chi connectivity index (χ1n) is 4.78. The van der Waals surface area contributed by atoms with E-state index in [0.717, 1.165) is 12.8 Å². The van der Waals surface area contributed by atoms with E-state index in [1.54, 1.807) is 6.07 Å². The van der Waals surface area contributed by atoms with Crippen molar-refractivity contribution >= 4 is 28.9 Å². The molecule has 0 aliphatic carbocycles. The smallest absolute Gasteiger partial charge is 0.312 e. The fourth-order valence-electron chi connectivity index (χ4n) is 1.13. The first-order chi connectivity index (χ1) is 7.65. The Hall–Kier alpha value is -1.00. The number of alkyl halides is 1. The van der Waals surface area contributed by atoms with Crippen molar-refractivity contribution in [1.29, 1.82) is 0 Å². The highest BCUT2D eigenvalue weighted by atomic mass is 35.5. The molecule has 0 saturated heterocycles. The number of nitro benzene ring substituents is 1. The molecule has 0 radical (unpaired) electrons. The third-order valence-electron chi connectivity index (χ3n) is 1.90. The van der Waals surface area contributed by atoms with E-state index in [1.807, 2.05) is 0 Å². The van der Waals surface area contributed by atoms with Crippen molar-refractivity contribution in [3.63, 3.8) is 0 Å². The second kappa shape index (κ2) is 6.55. The number of nitro groups is 1. The fraction of sp³-hybridized carbons (Fsp3) is 0.400. The molecule has 6 heteroatoms. The lowest BCUT2D eigenvalue weighted by atomic mass is 10.3. The van der Waals surface area contributed by atoms with Gasteiger partial charge in [0.2, 0.25) is 0 Å². The Balaban J connectivity index is 2.67. The number of benzene rings is 1. The van der Waals surface area contributed by atoms with Crippen molar-refractivity contribution < 1.29 is 9.66 Å². The monoisotopic (exact) mass is 263 g/mol.